The fourth-order valence-corrected chi connectivity index (χ4v) is 18.3. The van der Waals surface area contributed by atoms with E-state index >= 15 is 0 Å². The number of rotatable bonds is 35. The lowest BCUT2D eigenvalue weighted by Crippen LogP contribution is -2.47. The van der Waals surface area contributed by atoms with Gasteiger partial charge in [0, 0.05) is 64.6 Å². The van der Waals surface area contributed by atoms with E-state index in [4.69, 9.17) is 33.2 Å². The van der Waals surface area contributed by atoms with Gasteiger partial charge in [-0.25, -0.2) is 0 Å². The number of aromatic hydroxyl groups is 1. The monoisotopic (exact) mass is 1480 g/mol. The number of halogens is 11. The van der Waals surface area contributed by atoms with Crippen molar-refractivity contribution in [3.05, 3.63) is 58.7 Å². The van der Waals surface area contributed by atoms with Crippen molar-refractivity contribution in [1.29, 1.82) is 0 Å². The summed E-state index contributed by atoms with van der Waals surface area (Å²) in [6, 6.07) is 11.4. The van der Waals surface area contributed by atoms with Gasteiger partial charge < -0.3 is 48.5 Å². The van der Waals surface area contributed by atoms with Crippen molar-refractivity contribution in [3.8, 4) is 11.5 Å². The maximum Gasteiger partial charge on any atom is 0.453 e. The Morgan fingerprint density at radius 2 is 0.935 bits per heavy atom. The SMILES string of the molecule is COCCOCCOCCOCCOCCOCCC(=O)Oc1ccc2c(c1)C[C@@H](CCCS(=O)CCCC(F)(F)C(F)(F)F)[C@@H]1[C@@H]2CC[C@]2(C)[C@@H](O)CC[C@@H]12.C[C@]12CC[C@@H]3c4ccc(O)cc4C[C@@H](CCCS(=O)CCCC(F)(F)C(F)(F)F)[C@H]3[C@@H]1CC[C@@H]2O.I. The van der Waals surface area contributed by atoms with Gasteiger partial charge in [0.1, 0.15) is 11.5 Å². The van der Waals surface area contributed by atoms with Crippen LogP contribution in [0.4, 0.5) is 43.9 Å². The first kappa shape index (κ1) is 78.7. The Balaban J connectivity index is 0.000000319. The van der Waals surface area contributed by atoms with Crippen molar-refractivity contribution in [2.45, 2.75) is 184 Å². The molecule has 2 unspecified atom stereocenters. The first-order valence-electron chi connectivity index (χ1n) is 32.6. The zero-order chi connectivity index (χ0) is 66.2. The van der Waals surface area contributed by atoms with Crippen LogP contribution < -0.4 is 4.74 Å². The van der Waals surface area contributed by atoms with E-state index in [2.05, 4.69) is 19.9 Å². The molecule has 6 aliphatic rings. The van der Waals surface area contributed by atoms with Crippen LogP contribution in [0.2, 0.25) is 0 Å². The number of hydrogen-bond donors (Lipinski definition) is 3. The second-order valence-electron chi connectivity index (χ2n) is 26.4. The van der Waals surface area contributed by atoms with Gasteiger partial charge in [-0.3, -0.25) is 13.2 Å². The Kier molecular flexibility index (Phi) is 30.8. The number of ether oxygens (including phenoxy) is 7. The molecule has 26 heteroatoms. The average Bonchev–Trinajstić information content (AvgIpc) is 1.44. The molecule has 0 bridgehead atoms. The molecule has 0 aliphatic heterocycles. The van der Waals surface area contributed by atoms with Gasteiger partial charge in [0.15, 0.2) is 0 Å². The topological polar surface area (TPSA) is 177 Å². The number of esters is 1. The number of aliphatic hydroxyl groups excluding tert-OH is 2. The Morgan fingerprint density at radius 3 is 1.36 bits per heavy atom. The molecule has 0 spiro atoms. The van der Waals surface area contributed by atoms with Crippen LogP contribution in [0, 0.1) is 46.3 Å². The van der Waals surface area contributed by atoms with E-state index in [1.807, 2.05) is 24.3 Å². The van der Waals surface area contributed by atoms with E-state index in [-0.39, 0.29) is 107 Å². The van der Waals surface area contributed by atoms with Crippen molar-refractivity contribution in [1.82, 2.24) is 0 Å². The highest BCUT2D eigenvalue weighted by molar-refractivity contribution is 14.0. The average molecular weight is 1480 g/mol. The van der Waals surface area contributed by atoms with E-state index < -0.39 is 77.4 Å². The summed E-state index contributed by atoms with van der Waals surface area (Å²) >= 11 is 0. The van der Waals surface area contributed by atoms with Gasteiger partial charge in [-0.05, 0) is 207 Å². The number of methoxy groups -OCH3 is 1. The maximum atomic E-state index is 13.3. The fourth-order valence-electron chi connectivity index (χ4n) is 16.0. The van der Waals surface area contributed by atoms with Gasteiger partial charge in [-0.2, -0.15) is 43.9 Å². The lowest BCUT2D eigenvalue weighted by atomic mass is 9.52. The lowest BCUT2D eigenvalue weighted by Gasteiger charge is -2.53. The number of aliphatic hydroxyl groups is 2. The van der Waals surface area contributed by atoms with E-state index in [9.17, 15) is 72.4 Å². The van der Waals surface area contributed by atoms with Gasteiger partial charge in [-0.15, -0.1) is 24.0 Å². The Labute approximate surface area is 557 Å². The predicted molar refractivity (Wildman–Crippen MR) is 340 cm³/mol. The molecule has 528 valence electrons. The molecule has 14 atom stereocenters. The number of hydrogen-bond acceptors (Lipinski definition) is 13. The second kappa shape index (κ2) is 36.0. The van der Waals surface area contributed by atoms with Gasteiger partial charge in [-0.1, -0.05) is 26.0 Å². The van der Waals surface area contributed by atoms with Crippen LogP contribution in [0.1, 0.15) is 157 Å². The first-order valence-corrected chi connectivity index (χ1v) is 35.6. The molecule has 0 amide bonds. The van der Waals surface area contributed by atoms with Gasteiger partial charge in [0.2, 0.25) is 0 Å². The summed E-state index contributed by atoms with van der Waals surface area (Å²) < 4.78 is 190. The summed E-state index contributed by atoms with van der Waals surface area (Å²) in [6.07, 6.45) is -4.05. The van der Waals surface area contributed by atoms with E-state index in [1.165, 1.54) is 11.1 Å². The normalized spacial score (nSPS) is 28.2. The summed E-state index contributed by atoms with van der Waals surface area (Å²) in [6.45, 7) is 9.09. The highest BCUT2D eigenvalue weighted by Gasteiger charge is 2.60. The standard InChI is InChI=1S/C40H61F5O10S.C26H35F5O3S.HI/c1-38-13-10-33-32-7-6-31(55-36(47)11-14-50-17-18-52-21-22-54-24-23-53-20-19-51-16-15-49-2)28-30(32)27-29(37(33)34(38)8-9-35(38)46)5-3-25-56(48)26-4-12-39(41,42)40(43,44)45;1-24-11-9-20-19-6-5-18(32)15-17(19)14-16(23(20)21(24)7-8-22(24)33)4-2-12-35(34)13-3-10-25(27,28)26(29,30)31;/h6-7,28-29,33-35,37,46H,3-5,8-27H2,1-2H3;5-6,15-16,20-23,32-33H,2-4,7-14H2,1H3;1H/t29-,33-,34+,35+,37-,38+,56?;16-,20-,21+,22+,23-,24+,35?;/m11./s1. The number of benzene rings is 2. The smallest absolute Gasteiger partial charge is 0.453 e. The third-order valence-electron chi connectivity index (χ3n) is 20.7. The number of alkyl halides is 10. The number of carbonyl (C=O) groups is 1. The minimum Gasteiger partial charge on any atom is -0.508 e. The zero-order valence-electron chi connectivity index (χ0n) is 53.2. The van der Waals surface area contributed by atoms with Crippen LogP contribution in [0.3, 0.4) is 0 Å². The highest BCUT2D eigenvalue weighted by Crippen LogP contribution is 2.64. The lowest BCUT2D eigenvalue weighted by molar-refractivity contribution is -0.284. The van der Waals surface area contributed by atoms with Gasteiger partial charge in [0.05, 0.1) is 91.3 Å². The Bertz CT molecular complexity index is 2640. The van der Waals surface area contributed by atoms with Crippen LogP contribution >= 0.6 is 24.0 Å². The molecule has 4 saturated carbocycles. The van der Waals surface area contributed by atoms with E-state index in [0.29, 0.717) is 127 Å². The highest BCUT2D eigenvalue weighted by atomic mass is 127. The molecule has 13 nitrogen and oxygen atoms in total. The van der Waals surface area contributed by atoms with Crippen LogP contribution in [0.5, 0.6) is 11.5 Å². The molecule has 92 heavy (non-hydrogen) atoms. The quantitative estimate of drug-likeness (QED) is 0.0196. The number of carbonyl (C=O) groups excluding carboxylic acids is 1. The Morgan fingerprint density at radius 1 is 0.543 bits per heavy atom. The van der Waals surface area contributed by atoms with Crippen LogP contribution in [0.25, 0.3) is 0 Å². The summed E-state index contributed by atoms with van der Waals surface area (Å²) in [5, 5.41) is 31.7. The van der Waals surface area contributed by atoms with Gasteiger partial charge in [0.25, 0.3) is 0 Å². The van der Waals surface area contributed by atoms with Gasteiger partial charge >= 0.3 is 30.2 Å². The molecule has 8 rings (SSSR count). The molecular weight excluding hydrogens is 1380 g/mol. The number of phenols is 1. The Hall–Kier alpha value is -2.28. The summed E-state index contributed by atoms with van der Waals surface area (Å²) in [5.74, 6) is -6.67. The molecule has 2 aromatic rings. The molecule has 0 saturated heterocycles. The van der Waals surface area contributed by atoms with Crippen molar-refractivity contribution >= 4 is 51.5 Å². The van der Waals surface area contributed by atoms with Crippen LogP contribution in [0.15, 0.2) is 36.4 Å². The summed E-state index contributed by atoms with van der Waals surface area (Å²) in [4.78, 5) is 12.7. The van der Waals surface area contributed by atoms with Crippen LogP contribution in [-0.2, 0) is 67.7 Å². The predicted octanol–water partition coefficient (Wildman–Crippen LogP) is 13.6. The summed E-state index contributed by atoms with van der Waals surface area (Å²) in [7, 11) is -1.33. The van der Waals surface area contributed by atoms with E-state index in [1.54, 1.807) is 13.2 Å². The molecule has 2 aromatic carbocycles. The second-order valence-corrected chi connectivity index (χ2v) is 29.8. The van der Waals surface area contributed by atoms with Crippen molar-refractivity contribution in [2.75, 3.05) is 103 Å². The molecule has 0 heterocycles. The molecule has 0 radical (unpaired) electrons. The molecule has 6 aliphatic carbocycles. The molecule has 4 fully saturated rings. The largest absolute Gasteiger partial charge is 0.508 e. The number of fused-ring (bicyclic) bond motifs is 10. The summed E-state index contributed by atoms with van der Waals surface area (Å²) in [5.41, 5.74) is 4.44. The molecule has 0 aromatic heterocycles. The third kappa shape index (κ3) is 21.1. The van der Waals surface area contributed by atoms with Crippen molar-refractivity contribution in [2.24, 2.45) is 46.3 Å². The third-order valence-corrected chi connectivity index (χ3v) is 23.7. The van der Waals surface area contributed by atoms with Crippen LogP contribution in [-0.4, -0.2) is 169 Å². The van der Waals surface area contributed by atoms with Crippen molar-refractivity contribution in [3.63, 3.8) is 0 Å². The fraction of sp³-hybridized carbons (Fsp3) is 0.803. The number of phenolic OH excluding ortho intramolecular Hbond substituents is 1. The van der Waals surface area contributed by atoms with E-state index in [0.717, 1.165) is 75.3 Å². The minimum atomic E-state index is -5.61. The molecule has 3 N–H and O–H groups in total. The van der Waals surface area contributed by atoms with Crippen molar-refractivity contribution < 1.29 is 106 Å². The maximum absolute atomic E-state index is 13.3. The minimum absolute atomic E-state index is 0. The zero-order valence-corrected chi connectivity index (χ0v) is 57.2. The first-order chi connectivity index (χ1) is 43.1. The molecular formula is C66H97F10IO13S2.